The van der Waals surface area contributed by atoms with E-state index in [0.717, 1.165) is 54.8 Å². The van der Waals surface area contributed by atoms with Crippen LogP contribution in [0.2, 0.25) is 5.02 Å². The van der Waals surface area contributed by atoms with Gasteiger partial charge in [-0.2, -0.15) is 0 Å². The monoisotopic (exact) mass is 379 g/mol. The quantitative estimate of drug-likeness (QED) is 0.493. The molecule has 2 aliphatic carbocycles. The minimum Gasteiger partial charge on any atom is -0.309 e. The number of rotatable bonds is 5. The number of Topliss-reactive ketones (excluding diaryl/α,β-unsaturated/α-hetero) is 1. The molecule has 0 heterocycles. The number of hydrogen-bond donors (Lipinski definition) is 0. The highest BCUT2D eigenvalue weighted by molar-refractivity contribution is 6.30. The highest BCUT2D eigenvalue weighted by atomic mass is 35.5. The van der Waals surface area contributed by atoms with Crippen molar-refractivity contribution in [2.45, 2.75) is 38.5 Å². The molecule has 3 rings (SSSR count). The molecule has 0 saturated heterocycles. The van der Waals surface area contributed by atoms with Crippen molar-refractivity contribution in [2.75, 3.05) is 20.6 Å². The highest BCUT2D eigenvalue weighted by Crippen LogP contribution is 2.50. The van der Waals surface area contributed by atoms with Gasteiger partial charge in [0.25, 0.3) is 0 Å². The number of nitrogens with zero attached hydrogens (tertiary/aromatic N) is 1. The van der Waals surface area contributed by atoms with Crippen molar-refractivity contribution < 1.29 is 4.79 Å². The molecule has 1 atom stereocenters. The number of carbonyl (C=O) groups excluding carboxylic acids is 1. The zero-order valence-electron chi connectivity index (χ0n) is 15.1. The van der Waals surface area contributed by atoms with Crippen molar-refractivity contribution in [3.05, 3.63) is 52.1 Å². The lowest BCUT2D eigenvalue weighted by Crippen LogP contribution is -2.32. The molecular weight excluding hydrogens is 353 g/mol. The Labute approximate surface area is 162 Å². The molecule has 1 fully saturated rings. The van der Waals surface area contributed by atoms with Gasteiger partial charge in [-0.05, 0) is 88.5 Å². The van der Waals surface area contributed by atoms with E-state index in [2.05, 4.69) is 31.1 Å². The topological polar surface area (TPSA) is 20.3 Å². The van der Waals surface area contributed by atoms with Crippen LogP contribution in [0.1, 0.15) is 44.1 Å². The molecule has 2 nitrogen and oxygen atoms in total. The maximum absolute atomic E-state index is 13.3. The Morgan fingerprint density at radius 2 is 1.92 bits per heavy atom. The fraction of sp³-hybridized carbons (Fsp3) is 0.476. The van der Waals surface area contributed by atoms with Gasteiger partial charge in [0.1, 0.15) is 0 Å². The molecule has 136 valence electrons. The Morgan fingerprint density at radius 1 is 1.20 bits per heavy atom. The minimum absolute atomic E-state index is 0. The summed E-state index contributed by atoms with van der Waals surface area (Å²) in [6, 6.07) is 7.73. The first-order chi connectivity index (χ1) is 11.5. The Balaban J connectivity index is 0.00000225. The van der Waals surface area contributed by atoms with Gasteiger partial charge < -0.3 is 4.90 Å². The van der Waals surface area contributed by atoms with Crippen LogP contribution < -0.4 is 0 Å². The van der Waals surface area contributed by atoms with E-state index in [9.17, 15) is 4.79 Å². The molecule has 0 radical (unpaired) electrons. The lowest BCUT2D eigenvalue weighted by Gasteiger charge is -2.30. The highest BCUT2D eigenvalue weighted by Gasteiger charge is 2.47. The lowest BCUT2D eigenvalue weighted by atomic mass is 9.74. The largest absolute Gasteiger partial charge is 0.309 e. The normalized spacial score (nSPS) is 24.7. The van der Waals surface area contributed by atoms with Crippen LogP contribution in [0.5, 0.6) is 0 Å². The summed E-state index contributed by atoms with van der Waals surface area (Å²) in [5, 5.41) is 0.728. The van der Waals surface area contributed by atoms with Crippen molar-refractivity contribution in [3.8, 4) is 0 Å². The average Bonchev–Trinajstić information content (AvgIpc) is 3.19. The first-order valence-electron chi connectivity index (χ1n) is 8.86. The fourth-order valence-corrected chi connectivity index (χ4v) is 4.13. The van der Waals surface area contributed by atoms with Gasteiger partial charge in [-0.3, -0.25) is 4.79 Å². The molecule has 25 heavy (non-hydrogen) atoms. The summed E-state index contributed by atoms with van der Waals surface area (Å²) < 4.78 is 0. The molecule has 0 spiro atoms. The van der Waals surface area contributed by atoms with E-state index >= 15 is 0 Å². The summed E-state index contributed by atoms with van der Waals surface area (Å²) in [7, 11) is 4.17. The summed E-state index contributed by atoms with van der Waals surface area (Å²) in [4.78, 5) is 15.5. The van der Waals surface area contributed by atoms with Gasteiger partial charge in [0.15, 0.2) is 5.78 Å². The SMILES string of the molecule is CN(C)CCC1(C2=CCCC2)CC/C(=C/c2ccc(Cl)cc2)C1=O.Cl. The Bertz CT molecular complexity index is 676. The molecule has 2 aliphatic rings. The first kappa shape index (κ1) is 20.2. The van der Waals surface area contributed by atoms with E-state index in [0.29, 0.717) is 5.78 Å². The second-order valence-corrected chi connectivity index (χ2v) is 7.74. The second kappa shape index (κ2) is 8.53. The van der Waals surface area contributed by atoms with Crippen LogP contribution in [0.4, 0.5) is 0 Å². The van der Waals surface area contributed by atoms with E-state index in [1.165, 1.54) is 12.0 Å². The summed E-state index contributed by atoms with van der Waals surface area (Å²) >= 11 is 5.96. The van der Waals surface area contributed by atoms with Gasteiger partial charge in [-0.1, -0.05) is 35.4 Å². The Kier molecular flexibility index (Phi) is 6.90. The maximum Gasteiger partial charge on any atom is 0.169 e. The van der Waals surface area contributed by atoms with Crippen molar-refractivity contribution in [2.24, 2.45) is 5.41 Å². The molecule has 0 bridgehead atoms. The molecule has 1 aromatic carbocycles. The molecule has 0 aromatic heterocycles. The van der Waals surface area contributed by atoms with Crippen molar-refractivity contribution in [1.82, 2.24) is 4.90 Å². The summed E-state index contributed by atoms with van der Waals surface area (Å²) in [5.74, 6) is 0.354. The van der Waals surface area contributed by atoms with E-state index in [4.69, 9.17) is 11.6 Å². The molecule has 4 heteroatoms. The first-order valence-corrected chi connectivity index (χ1v) is 9.24. The standard InChI is InChI=1S/C21H26ClNO.ClH/c1-23(2)14-13-21(18-5-3-4-6-18)12-11-17(20(21)24)15-16-7-9-19(22)10-8-16;/h5,7-10,15H,3-4,6,11-14H2,1-2H3;1H/b17-15-;. The van der Waals surface area contributed by atoms with Gasteiger partial charge in [0.05, 0.1) is 5.41 Å². The van der Waals surface area contributed by atoms with E-state index in [-0.39, 0.29) is 17.8 Å². The smallest absolute Gasteiger partial charge is 0.169 e. The number of halogens is 2. The van der Waals surface area contributed by atoms with Gasteiger partial charge in [-0.25, -0.2) is 0 Å². The minimum atomic E-state index is -0.251. The van der Waals surface area contributed by atoms with Crippen LogP contribution in [0.25, 0.3) is 6.08 Å². The number of hydrogen-bond acceptors (Lipinski definition) is 2. The molecule has 0 N–H and O–H groups in total. The van der Waals surface area contributed by atoms with Crippen LogP contribution in [0.15, 0.2) is 41.5 Å². The van der Waals surface area contributed by atoms with Crippen molar-refractivity contribution in [1.29, 1.82) is 0 Å². The Morgan fingerprint density at radius 3 is 2.52 bits per heavy atom. The number of benzene rings is 1. The average molecular weight is 380 g/mol. The lowest BCUT2D eigenvalue weighted by molar-refractivity contribution is -0.121. The van der Waals surface area contributed by atoms with Gasteiger partial charge >= 0.3 is 0 Å². The summed E-state index contributed by atoms with van der Waals surface area (Å²) in [6.07, 6.45) is 10.6. The second-order valence-electron chi connectivity index (χ2n) is 7.31. The number of carbonyl (C=O) groups is 1. The van der Waals surface area contributed by atoms with Gasteiger partial charge in [-0.15, -0.1) is 12.4 Å². The third-order valence-electron chi connectivity index (χ3n) is 5.40. The van der Waals surface area contributed by atoms with Crippen LogP contribution in [0.3, 0.4) is 0 Å². The predicted molar refractivity (Wildman–Crippen MR) is 108 cm³/mol. The Hall–Kier alpha value is -1.09. The predicted octanol–water partition coefficient (Wildman–Crippen LogP) is 5.56. The van der Waals surface area contributed by atoms with E-state index in [1.54, 1.807) is 0 Å². The fourth-order valence-electron chi connectivity index (χ4n) is 4.01. The van der Waals surface area contributed by atoms with Gasteiger partial charge in [0, 0.05) is 5.02 Å². The summed E-state index contributed by atoms with van der Waals surface area (Å²) in [5.41, 5.74) is 3.18. The third kappa shape index (κ3) is 4.36. The summed E-state index contributed by atoms with van der Waals surface area (Å²) in [6.45, 7) is 0.956. The van der Waals surface area contributed by atoms with Gasteiger partial charge in [0.2, 0.25) is 0 Å². The van der Waals surface area contributed by atoms with Crippen molar-refractivity contribution >= 4 is 35.9 Å². The maximum atomic E-state index is 13.3. The molecule has 1 saturated carbocycles. The molecular formula is C21H27Cl2NO. The van der Waals surface area contributed by atoms with Crippen LogP contribution in [-0.4, -0.2) is 31.3 Å². The molecule has 0 amide bonds. The molecule has 1 unspecified atom stereocenters. The van der Waals surface area contributed by atoms with Crippen molar-refractivity contribution in [3.63, 3.8) is 0 Å². The molecule has 0 aliphatic heterocycles. The van der Waals surface area contributed by atoms with Crippen LogP contribution >= 0.6 is 24.0 Å². The van der Waals surface area contributed by atoms with Crippen LogP contribution in [0, 0.1) is 5.41 Å². The number of ketones is 1. The molecule has 1 aromatic rings. The number of allylic oxidation sites excluding steroid dienone is 3. The third-order valence-corrected chi connectivity index (χ3v) is 5.65. The van der Waals surface area contributed by atoms with E-state index < -0.39 is 0 Å². The zero-order valence-corrected chi connectivity index (χ0v) is 16.6. The van der Waals surface area contributed by atoms with Crippen LogP contribution in [-0.2, 0) is 4.79 Å². The van der Waals surface area contributed by atoms with E-state index in [1.807, 2.05) is 24.3 Å². The zero-order chi connectivity index (χ0) is 17.2.